The Kier molecular flexibility index (Phi) is 5.49. The molecule has 0 saturated carbocycles. The molecule has 21 heavy (non-hydrogen) atoms. The molecule has 0 spiro atoms. The first kappa shape index (κ1) is 17.6. The molecule has 0 fully saturated rings. The number of nitrogens with one attached hydrogen (secondary N) is 2. The van der Waals surface area contributed by atoms with Crippen LogP contribution in [0.4, 0.5) is 0 Å². The first-order chi connectivity index (χ1) is 9.60. The van der Waals surface area contributed by atoms with Gasteiger partial charge in [-0.15, -0.1) is 0 Å². The lowest BCUT2D eigenvalue weighted by molar-refractivity contribution is -0.128. The SMILES string of the molecule is CNC(=O)C(C)(C)CNS(=O)(=O)c1ccc(C(C)N)cc1. The zero-order valence-electron chi connectivity index (χ0n) is 12.8. The van der Waals surface area contributed by atoms with E-state index in [2.05, 4.69) is 10.0 Å². The Hall–Kier alpha value is -1.44. The van der Waals surface area contributed by atoms with E-state index in [-0.39, 0.29) is 23.4 Å². The van der Waals surface area contributed by atoms with E-state index < -0.39 is 15.4 Å². The Labute approximate surface area is 126 Å². The summed E-state index contributed by atoms with van der Waals surface area (Å²) in [6, 6.07) is 6.23. The number of rotatable bonds is 6. The summed E-state index contributed by atoms with van der Waals surface area (Å²) in [7, 11) is -2.13. The highest BCUT2D eigenvalue weighted by Crippen LogP contribution is 2.17. The van der Waals surface area contributed by atoms with Crippen molar-refractivity contribution in [2.75, 3.05) is 13.6 Å². The van der Waals surface area contributed by atoms with Crippen molar-refractivity contribution < 1.29 is 13.2 Å². The molecular weight excluding hydrogens is 290 g/mol. The molecular formula is C14H23N3O3S. The zero-order chi connectivity index (χ0) is 16.3. The van der Waals surface area contributed by atoms with Gasteiger partial charge in [-0.2, -0.15) is 0 Å². The molecule has 0 aromatic heterocycles. The highest BCUT2D eigenvalue weighted by atomic mass is 32.2. The van der Waals surface area contributed by atoms with E-state index in [1.54, 1.807) is 26.0 Å². The Bertz CT molecular complexity index is 592. The third kappa shape index (κ3) is 4.52. The van der Waals surface area contributed by atoms with Crippen molar-refractivity contribution in [3.63, 3.8) is 0 Å². The molecule has 7 heteroatoms. The minimum absolute atomic E-state index is 0.0179. The van der Waals surface area contributed by atoms with Gasteiger partial charge < -0.3 is 11.1 Å². The van der Waals surface area contributed by atoms with Crippen LogP contribution in [-0.4, -0.2) is 27.9 Å². The summed E-state index contributed by atoms with van der Waals surface area (Å²) < 4.78 is 26.9. The number of benzene rings is 1. The molecule has 0 bridgehead atoms. The lowest BCUT2D eigenvalue weighted by Crippen LogP contribution is -2.43. The number of hydrogen-bond acceptors (Lipinski definition) is 4. The highest BCUT2D eigenvalue weighted by Gasteiger charge is 2.28. The van der Waals surface area contributed by atoms with Crippen LogP contribution in [0.15, 0.2) is 29.2 Å². The zero-order valence-corrected chi connectivity index (χ0v) is 13.6. The van der Waals surface area contributed by atoms with Crippen molar-refractivity contribution in [1.29, 1.82) is 0 Å². The van der Waals surface area contributed by atoms with Gasteiger partial charge in [0, 0.05) is 19.6 Å². The number of sulfonamides is 1. The number of hydrogen-bond donors (Lipinski definition) is 3. The van der Waals surface area contributed by atoms with E-state index in [1.807, 2.05) is 6.92 Å². The number of carbonyl (C=O) groups excluding carboxylic acids is 1. The molecule has 0 radical (unpaired) electrons. The van der Waals surface area contributed by atoms with Crippen LogP contribution < -0.4 is 15.8 Å². The van der Waals surface area contributed by atoms with Crippen molar-refractivity contribution in [3.05, 3.63) is 29.8 Å². The largest absolute Gasteiger partial charge is 0.359 e. The summed E-state index contributed by atoms with van der Waals surface area (Å²) in [4.78, 5) is 11.8. The molecule has 118 valence electrons. The lowest BCUT2D eigenvalue weighted by atomic mass is 9.93. The van der Waals surface area contributed by atoms with Gasteiger partial charge in [0.05, 0.1) is 10.3 Å². The van der Waals surface area contributed by atoms with Crippen LogP contribution in [0.1, 0.15) is 32.4 Å². The van der Waals surface area contributed by atoms with Crippen molar-refractivity contribution >= 4 is 15.9 Å². The Morgan fingerprint density at radius 2 is 1.81 bits per heavy atom. The minimum atomic E-state index is -3.65. The molecule has 0 aliphatic carbocycles. The van der Waals surface area contributed by atoms with E-state index in [4.69, 9.17) is 5.73 Å². The van der Waals surface area contributed by atoms with Crippen LogP contribution in [0.2, 0.25) is 0 Å². The minimum Gasteiger partial charge on any atom is -0.359 e. The van der Waals surface area contributed by atoms with Gasteiger partial charge in [0.1, 0.15) is 0 Å². The van der Waals surface area contributed by atoms with E-state index >= 15 is 0 Å². The summed E-state index contributed by atoms with van der Waals surface area (Å²) in [5.41, 5.74) is 5.76. The predicted molar refractivity (Wildman–Crippen MR) is 82.1 cm³/mol. The van der Waals surface area contributed by atoms with Gasteiger partial charge in [-0.3, -0.25) is 4.79 Å². The van der Waals surface area contributed by atoms with Crippen LogP contribution in [0.3, 0.4) is 0 Å². The standard InChI is InChI=1S/C14H23N3O3S/c1-10(15)11-5-7-12(8-6-11)21(19,20)17-9-14(2,3)13(18)16-4/h5-8,10,17H,9,15H2,1-4H3,(H,16,18). The fourth-order valence-corrected chi connectivity index (χ4v) is 2.94. The van der Waals surface area contributed by atoms with E-state index in [1.165, 1.54) is 19.2 Å². The van der Waals surface area contributed by atoms with Crippen molar-refractivity contribution in [1.82, 2.24) is 10.0 Å². The van der Waals surface area contributed by atoms with Gasteiger partial charge in [-0.25, -0.2) is 13.1 Å². The topological polar surface area (TPSA) is 101 Å². The molecule has 0 heterocycles. The Morgan fingerprint density at radius 3 is 2.24 bits per heavy atom. The van der Waals surface area contributed by atoms with Gasteiger partial charge in [0.2, 0.25) is 15.9 Å². The van der Waals surface area contributed by atoms with Crippen LogP contribution in [0.25, 0.3) is 0 Å². The van der Waals surface area contributed by atoms with Gasteiger partial charge in [0.15, 0.2) is 0 Å². The van der Waals surface area contributed by atoms with Gasteiger partial charge in [-0.05, 0) is 38.5 Å². The van der Waals surface area contributed by atoms with Crippen LogP contribution >= 0.6 is 0 Å². The fraction of sp³-hybridized carbons (Fsp3) is 0.500. The maximum atomic E-state index is 12.2. The molecule has 1 aromatic carbocycles. The van der Waals surface area contributed by atoms with Crippen LogP contribution in [0, 0.1) is 5.41 Å². The Morgan fingerprint density at radius 1 is 1.29 bits per heavy atom. The summed E-state index contributed by atoms with van der Waals surface area (Å²) in [6.07, 6.45) is 0. The van der Waals surface area contributed by atoms with Gasteiger partial charge in [-0.1, -0.05) is 12.1 Å². The average molecular weight is 313 g/mol. The predicted octanol–water partition coefficient (Wildman–Crippen LogP) is 0.757. The Balaban J connectivity index is 2.85. The molecule has 1 rings (SSSR count). The smallest absolute Gasteiger partial charge is 0.240 e. The second-order valence-electron chi connectivity index (χ2n) is 5.65. The molecule has 0 aliphatic heterocycles. The number of nitrogens with two attached hydrogens (primary N) is 1. The van der Waals surface area contributed by atoms with Crippen molar-refractivity contribution in [2.24, 2.45) is 11.1 Å². The molecule has 0 aliphatic rings. The monoisotopic (exact) mass is 313 g/mol. The summed E-state index contributed by atoms with van der Waals surface area (Å²) in [6.45, 7) is 5.19. The molecule has 1 atom stereocenters. The van der Waals surface area contributed by atoms with E-state index in [9.17, 15) is 13.2 Å². The van der Waals surface area contributed by atoms with Gasteiger partial charge >= 0.3 is 0 Å². The van der Waals surface area contributed by atoms with E-state index in [0.717, 1.165) is 5.56 Å². The summed E-state index contributed by atoms with van der Waals surface area (Å²) in [5, 5.41) is 2.51. The average Bonchev–Trinajstić information content (AvgIpc) is 2.44. The molecule has 6 nitrogen and oxygen atoms in total. The van der Waals surface area contributed by atoms with Gasteiger partial charge in [0.25, 0.3) is 0 Å². The van der Waals surface area contributed by atoms with E-state index in [0.29, 0.717) is 0 Å². The number of carbonyl (C=O) groups is 1. The number of amides is 1. The van der Waals surface area contributed by atoms with Crippen LogP contribution in [0.5, 0.6) is 0 Å². The molecule has 1 amide bonds. The van der Waals surface area contributed by atoms with Crippen molar-refractivity contribution in [2.45, 2.75) is 31.7 Å². The quantitative estimate of drug-likeness (QED) is 0.721. The molecule has 4 N–H and O–H groups in total. The normalized spacial score (nSPS) is 13.8. The first-order valence-corrected chi connectivity index (χ1v) is 8.16. The summed E-state index contributed by atoms with van der Waals surface area (Å²) >= 11 is 0. The summed E-state index contributed by atoms with van der Waals surface area (Å²) in [5.74, 6) is -0.225. The third-order valence-corrected chi connectivity index (χ3v) is 4.68. The fourth-order valence-electron chi connectivity index (χ4n) is 1.73. The highest BCUT2D eigenvalue weighted by molar-refractivity contribution is 7.89. The van der Waals surface area contributed by atoms with Crippen LogP contribution in [-0.2, 0) is 14.8 Å². The molecule has 0 saturated heterocycles. The maximum Gasteiger partial charge on any atom is 0.240 e. The maximum absolute atomic E-state index is 12.2. The molecule has 1 unspecified atom stereocenters. The molecule has 1 aromatic rings. The van der Waals surface area contributed by atoms with Crippen molar-refractivity contribution in [3.8, 4) is 0 Å². The second kappa shape index (κ2) is 6.55. The lowest BCUT2D eigenvalue weighted by Gasteiger charge is -2.22. The second-order valence-corrected chi connectivity index (χ2v) is 7.41. The first-order valence-electron chi connectivity index (χ1n) is 6.67. The third-order valence-electron chi connectivity index (χ3n) is 3.26.